The average molecular weight is 334 g/mol. The highest BCUT2D eigenvalue weighted by Crippen LogP contribution is 2.33. The molecular formula is C16H20BrN3. The Labute approximate surface area is 128 Å². The fourth-order valence-corrected chi connectivity index (χ4v) is 3.25. The Morgan fingerprint density at radius 1 is 1.25 bits per heavy atom. The predicted molar refractivity (Wildman–Crippen MR) is 86.6 cm³/mol. The minimum atomic E-state index is 0.604. The monoisotopic (exact) mass is 333 g/mol. The lowest BCUT2D eigenvalue weighted by Gasteiger charge is -2.16. The molecule has 0 unspecified atom stereocenters. The molecule has 106 valence electrons. The van der Waals surface area contributed by atoms with Crippen molar-refractivity contribution in [2.24, 2.45) is 0 Å². The molecule has 0 spiro atoms. The minimum Gasteiger partial charge on any atom is -0.326 e. The van der Waals surface area contributed by atoms with Gasteiger partial charge in [0.15, 0.2) is 0 Å². The summed E-state index contributed by atoms with van der Waals surface area (Å²) in [7, 11) is 0. The minimum absolute atomic E-state index is 0.604. The Morgan fingerprint density at radius 2 is 2.00 bits per heavy atom. The molecule has 3 rings (SSSR count). The summed E-state index contributed by atoms with van der Waals surface area (Å²) in [6.07, 6.45) is 7.36. The van der Waals surface area contributed by atoms with Crippen molar-refractivity contribution in [2.45, 2.75) is 45.6 Å². The molecule has 1 aromatic carbocycles. The molecular weight excluding hydrogens is 314 g/mol. The molecule has 0 aliphatic heterocycles. The first-order valence-electron chi connectivity index (χ1n) is 7.22. The van der Waals surface area contributed by atoms with Gasteiger partial charge < -0.3 is 9.88 Å². The Kier molecular flexibility index (Phi) is 3.83. The summed E-state index contributed by atoms with van der Waals surface area (Å²) in [6, 6.07) is 6.93. The molecule has 3 nitrogen and oxygen atoms in total. The summed E-state index contributed by atoms with van der Waals surface area (Å²) in [4.78, 5) is 4.64. The number of nitrogens with one attached hydrogen (secondary N) is 1. The van der Waals surface area contributed by atoms with Crippen molar-refractivity contribution < 1.29 is 0 Å². The molecule has 1 saturated carbocycles. The zero-order valence-corrected chi connectivity index (χ0v) is 13.6. The first kappa shape index (κ1) is 13.7. The fraction of sp³-hybridized carbons (Fsp3) is 0.438. The van der Waals surface area contributed by atoms with E-state index >= 15 is 0 Å². The van der Waals surface area contributed by atoms with E-state index in [1.807, 2.05) is 0 Å². The van der Waals surface area contributed by atoms with Gasteiger partial charge in [-0.25, -0.2) is 4.98 Å². The summed E-state index contributed by atoms with van der Waals surface area (Å²) < 4.78 is 3.44. The van der Waals surface area contributed by atoms with Crippen LogP contribution in [-0.2, 0) is 0 Å². The Morgan fingerprint density at radius 3 is 2.70 bits per heavy atom. The van der Waals surface area contributed by atoms with E-state index in [0.717, 1.165) is 21.8 Å². The third-order valence-corrected chi connectivity index (χ3v) is 4.85. The van der Waals surface area contributed by atoms with Crippen molar-refractivity contribution in [2.75, 3.05) is 5.32 Å². The molecule has 1 aliphatic rings. The first-order chi connectivity index (χ1) is 9.63. The Hall–Kier alpha value is -1.29. The molecule has 1 N–H and O–H groups in total. The van der Waals surface area contributed by atoms with Crippen LogP contribution in [0.25, 0.3) is 0 Å². The van der Waals surface area contributed by atoms with E-state index in [4.69, 9.17) is 0 Å². The van der Waals surface area contributed by atoms with E-state index in [0.29, 0.717) is 6.04 Å². The van der Waals surface area contributed by atoms with Crippen molar-refractivity contribution in [3.05, 3.63) is 40.1 Å². The summed E-state index contributed by atoms with van der Waals surface area (Å²) in [5.41, 5.74) is 3.39. The standard InChI is InChI=1S/C16H20BrN3/c1-11-7-8-13(9-15(11)17)19-16-18-12(2)10-20(16)14-5-3-4-6-14/h7-10,14H,3-6H2,1-2H3,(H,18,19). The number of hydrogen-bond acceptors (Lipinski definition) is 2. The van der Waals surface area contributed by atoms with Gasteiger partial charge in [-0.2, -0.15) is 0 Å². The van der Waals surface area contributed by atoms with Crippen LogP contribution in [0.1, 0.15) is 43.0 Å². The van der Waals surface area contributed by atoms with E-state index in [9.17, 15) is 0 Å². The summed E-state index contributed by atoms with van der Waals surface area (Å²) in [5, 5.41) is 3.46. The third-order valence-electron chi connectivity index (χ3n) is 4.00. The van der Waals surface area contributed by atoms with Crippen LogP contribution in [0.2, 0.25) is 0 Å². The zero-order valence-electron chi connectivity index (χ0n) is 12.0. The van der Waals surface area contributed by atoms with Crippen LogP contribution < -0.4 is 5.32 Å². The van der Waals surface area contributed by atoms with Gasteiger partial charge in [-0.05, 0) is 44.4 Å². The van der Waals surface area contributed by atoms with Crippen LogP contribution in [0.3, 0.4) is 0 Å². The summed E-state index contributed by atoms with van der Waals surface area (Å²) in [6.45, 7) is 4.15. The van der Waals surface area contributed by atoms with Gasteiger partial charge in [-0.1, -0.05) is 34.8 Å². The molecule has 0 atom stereocenters. The largest absolute Gasteiger partial charge is 0.326 e. The third kappa shape index (κ3) is 2.75. The van der Waals surface area contributed by atoms with Gasteiger partial charge >= 0.3 is 0 Å². The van der Waals surface area contributed by atoms with E-state index in [1.54, 1.807) is 0 Å². The van der Waals surface area contributed by atoms with Crippen LogP contribution in [0.4, 0.5) is 11.6 Å². The van der Waals surface area contributed by atoms with Crippen LogP contribution >= 0.6 is 15.9 Å². The lowest BCUT2D eigenvalue weighted by molar-refractivity contribution is 0.524. The van der Waals surface area contributed by atoms with Gasteiger partial charge in [0.1, 0.15) is 0 Å². The van der Waals surface area contributed by atoms with E-state index in [2.05, 4.69) is 69.0 Å². The predicted octanol–water partition coefficient (Wildman–Crippen LogP) is 5.12. The number of hydrogen-bond donors (Lipinski definition) is 1. The van der Waals surface area contributed by atoms with Gasteiger partial charge in [-0.15, -0.1) is 0 Å². The maximum atomic E-state index is 4.64. The molecule has 1 aromatic heterocycles. The van der Waals surface area contributed by atoms with Crippen LogP contribution in [0.15, 0.2) is 28.9 Å². The van der Waals surface area contributed by atoms with E-state index < -0.39 is 0 Å². The molecule has 1 fully saturated rings. The molecule has 1 heterocycles. The summed E-state index contributed by atoms with van der Waals surface area (Å²) in [5.74, 6) is 0.963. The van der Waals surface area contributed by atoms with Crippen LogP contribution in [-0.4, -0.2) is 9.55 Å². The van der Waals surface area contributed by atoms with Crippen molar-refractivity contribution in [3.8, 4) is 0 Å². The number of rotatable bonds is 3. The highest BCUT2D eigenvalue weighted by Gasteiger charge is 2.20. The molecule has 20 heavy (non-hydrogen) atoms. The van der Waals surface area contributed by atoms with Crippen molar-refractivity contribution in [1.29, 1.82) is 0 Å². The van der Waals surface area contributed by atoms with E-state index in [-0.39, 0.29) is 0 Å². The highest BCUT2D eigenvalue weighted by molar-refractivity contribution is 9.10. The maximum absolute atomic E-state index is 4.64. The van der Waals surface area contributed by atoms with Crippen molar-refractivity contribution in [3.63, 3.8) is 0 Å². The average Bonchev–Trinajstić information content (AvgIpc) is 3.03. The quantitative estimate of drug-likeness (QED) is 0.844. The normalized spacial score (nSPS) is 15.8. The number of halogens is 1. The SMILES string of the molecule is Cc1cn(C2CCCC2)c(Nc2ccc(C)c(Br)c2)n1. The lowest BCUT2D eigenvalue weighted by Crippen LogP contribution is -2.07. The van der Waals surface area contributed by atoms with Crippen molar-refractivity contribution in [1.82, 2.24) is 9.55 Å². The molecule has 0 saturated heterocycles. The van der Waals surface area contributed by atoms with Gasteiger partial charge in [-0.3, -0.25) is 0 Å². The molecule has 0 radical (unpaired) electrons. The fourth-order valence-electron chi connectivity index (χ4n) is 2.87. The second kappa shape index (κ2) is 5.60. The number of aryl methyl sites for hydroxylation is 2. The number of aromatic nitrogens is 2. The molecule has 2 aromatic rings. The molecule has 0 amide bonds. The van der Waals surface area contributed by atoms with Crippen molar-refractivity contribution >= 4 is 27.6 Å². The van der Waals surface area contributed by atoms with E-state index in [1.165, 1.54) is 31.2 Å². The van der Waals surface area contributed by atoms with Gasteiger partial charge in [0.2, 0.25) is 5.95 Å². The first-order valence-corrected chi connectivity index (χ1v) is 8.01. The van der Waals surface area contributed by atoms with Crippen LogP contribution in [0, 0.1) is 13.8 Å². The Bertz CT molecular complexity index is 612. The lowest BCUT2D eigenvalue weighted by atomic mass is 10.2. The molecule has 1 aliphatic carbocycles. The smallest absolute Gasteiger partial charge is 0.207 e. The second-order valence-corrected chi connectivity index (χ2v) is 6.49. The molecule has 0 bridgehead atoms. The highest BCUT2D eigenvalue weighted by atomic mass is 79.9. The number of imidazole rings is 1. The Balaban J connectivity index is 1.87. The second-order valence-electron chi connectivity index (χ2n) is 5.64. The maximum Gasteiger partial charge on any atom is 0.207 e. The number of anilines is 2. The zero-order chi connectivity index (χ0) is 14.1. The topological polar surface area (TPSA) is 29.9 Å². The van der Waals surface area contributed by atoms with Gasteiger partial charge in [0.25, 0.3) is 0 Å². The van der Waals surface area contributed by atoms with Gasteiger partial charge in [0, 0.05) is 22.4 Å². The number of nitrogens with zero attached hydrogens (tertiary/aromatic N) is 2. The number of benzene rings is 1. The van der Waals surface area contributed by atoms with Gasteiger partial charge in [0.05, 0.1) is 5.69 Å². The van der Waals surface area contributed by atoms with Crippen LogP contribution in [0.5, 0.6) is 0 Å². The summed E-state index contributed by atoms with van der Waals surface area (Å²) >= 11 is 3.58. The molecule has 4 heteroatoms.